The van der Waals surface area contributed by atoms with E-state index in [9.17, 15) is 14.4 Å². The van der Waals surface area contributed by atoms with Gasteiger partial charge in [-0.1, -0.05) is 23.9 Å². The normalized spacial score (nSPS) is 13.6. The molecule has 0 saturated carbocycles. The number of hydrogen-bond acceptors (Lipinski definition) is 7. The zero-order chi connectivity index (χ0) is 24.2. The quantitative estimate of drug-likeness (QED) is 0.499. The van der Waals surface area contributed by atoms with Gasteiger partial charge in [0.05, 0.1) is 17.5 Å². The largest absolute Gasteiger partial charge is 0.482 e. The number of benzene rings is 2. The van der Waals surface area contributed by atoms with Crippen LogP contribution in [0.4, 0.5) is 17.1 Å². The molecule has 2 heterocycles. The Morgan fingerprint density at radius 1 is 1.09 bits per heavy atom. The molecule has 11 heteroatoms. The van der Waals surface area contributed by atoms with E-state index < -0.39 is 0 Å². The molecule has 0 spiro atoms. The summed E-state index contributed by atoms with van der Waals surface area (Å²) in [5, 5.41) is 14.6. The topological polar surface area (TPSA) is 118 Å². The lowest BCUT2D eigenvalue weighted by molar-refractivity contribution is -0.122. The van der Waals surface area contributed by atoms with Crippen LogP contribution in [0, 0.1) is 0 Å². The summed E-state index contributed by atoms with van der Waals surface area (Å²) >= 11 is 1.25. The first kappa shape index (κ1) is 23.3. The average Bonchev–Trinajstić information content (AvgIpc) is 3.18. The molecule has 0 saturated heterocycles. The Morgan fingerprint density at radius 3 is 2.47 bits per heavy atom. The molecule has 10 nitrogen and oxygen atoms in total. The van der Waals surface area contributed by atoms with Gasteiger partial charge >= 0.3 is 0 Å². The second-order valence-corrected chi connectivity index (χ2v) is 8.63. The Bertz CT molecular complexity index is 1230. The molecule has 2 N–H and O–H groups in total. The van der Waals surface area contributed by atoms with Gasteiger partial charge in [-0.15, -0.1) is 10.2 Å². The van der Waals surface area contributed by atoms with Gasteiger partial charge in [0.1, 0.15) is 5.75 Å². The number of nitrogens with zero attached hydrogens (tertiary/aromatic N) is 4. The van der Waals surface area contributed by atoms with Crippen molar-refractivity contribution in [2.45, 2.75) is 25.0 Å². The number of ether oxygens (including phenoxy) is 1. The van der Waals surface area contributed by atoms with Crippen molar-refractivity contribution in [1.82, 2.24) is 14.8 Å². The minimum Gasteiger partial charge on any atom is -0.482 e. The van der Waals surface area contributed by atoms with Gasteiger partial charge in [0.15, 0.2) is 17.6 Å². The van der Waals surface area contributed by atoms with Crippen molar-refractivity contribution in [3.05, 3.63) is 54.4 Å². The minimum absolute atomic E-state index is 0.0349. The maximum absolute atomic E-state index is 12.6. The Hall–Kier alpha value is -3.86. The van der Waals surface area contributed by atoms with Crippen molar-refractivity contribution >= 4 is 46.5 Å². The fourth-order valence-corrected chi connectivity index (χ4v) is 4.36. The van der Waals surface area contributed by atoms with Gasteiger partial charge in [0.25, 0.3) is 5.91 Å². The van der Waals surface area contributed by atoms with Crippen molar-refractivity contribution in [3.63, 3.8) is 0 Å². The third-order valence-electron chi connectivity index (χ3n) is 5.20. The molecule has 1 aliphatic heterocycles. The summed E-state index contributed by atoms with van der Waals surface area (Å²) in [7, 11) is 1.81. The van der Waals surface area contributed by atoms with Crippen LogP contribution in [0.1, 0.15) is 25.7 Å². The van der Waals surface area contributed by atoms with E-state index in [1.165, 1.54) is 18.7 Å². The summed E-state index contributed by atoms with van der Waals surface area (Å²) in [6, 6.07) is 13.9. The predicted octanol–water partition coefficient (Wildman–Crippen LogP) is 2.99. The zero-order valence-corrected chi connectivity index (χ0v) is 19.8. The first-order valence-electron chi connectivity index (χ1n) is 10.6. The molecule has 1 aliphatic rings. The Morgan fingerprint density at radius 2 is 1.76 bits per heavy atom. The van der Waals surface area contributed by atoms with Crippen LogP contribution in [0.25, 0.3) is 0 Å². The third-order valence-corrected chi connectivity index (χ3v) is 6.22. The average molecular weight is 481 g/mol. The summed E-state index contributed by atoms with van der Waals surface area (Å²) in [6.45, 7) is 3.28. The number of hydrogen-bond donors (Lipinski definition) is 2. The Kier molecular flexibility index (Phi) is 6.82. The lowest BCUT2D eigenvalue weighted by atomic mass is 10.1. The number of thioether (sulfide) groups is 1. The van der Waals surface area contributed by atoms with E-state index in [2.05, 4.69) is 20.8 Å². The fourth-order valence-electron chi connectivity index (χ4n) is 3.64. The number of fused-ring (bicyclic) bond motifs is 1. The van der Waals surface area contributed by atoms with E-state index >= 15 is 0 Å². The van der Waals surface area contributed by atoms with E-state index in [1.54, 1.807) is 33.7 Å². The van der Waals surface area contributed by atoms with Gasteiger partial charge in [-0.3, -0.25) is 19.3 Å². The lowest BCUT2D eigenvalue weighted by Gasteiger charge is -2.33. The first-order valence-corrected chi connectivity index (χ1v) is 11.6. The summed E-state index contributed by atoms with van der Waals surface area (Å²) in [5.74, 6) is 0.855. The molecule has 1 atom stereocenters. The summed E-state index contributed by atoms with van der Waals surface area (Å²) in [6.07, 6.45) is 0. The van der Waals surface area contributed by atoms with Gasteiger partial charge < -0.3 is 19.9 Å². The van der Waals surface area contributed by atoms with Gasteiger partial charge in [-0.25, -0.2) is 0 Å². The number of rotatable bonds is 7. The molecule has 176 valence electrons. The molecule has 4 rings (SSSR count). The monoisotopic (exact) mass is 480 g/mol. The maximum Gasteiger partial charge on any atom is 0.265 e. The Balaban J connectivity index is 1.39. The highest BCUT2D eigenvalue weighted by Gasteiger charge is 2.32. The second kappa shape index (κ2) is 9.96. The molecule has 0 aliphatic carbocycles. The van der Waals surface area contributed by atoms with Crippen molar-refractivity contribution < 1.29 is 19.1 Å². The van der Waals surface area contributed by atoms with Crippen LogP contribution in [0.5, 0.6) is 5.75 Å². The van der Waals surface area contributed by atoms with Gasteiger partial charge in [-0.05, 0) is 43.3 Å². The number of aromatic nitrogens is 3. The Labute approximate surface area is 200 Å². The van der Waals surface area contributed by atoms with E-state index in [0.29, 0.717) is 33.8 Å². The van der Waals surface area contributed by atoms with Crippen molar-refractivity contribution in [2.24, 2.45) is 7.05 Å². The number of amides is 3. The highest BCUT2D eigenvalue weighted by Crippen LogP contribution is 2.37. The van der Waals surface area contributed by atoms with Crippen molar-refractivity contribution in [1.29, 1.82) is 0 Å². The number of carbonyl (C=O) groups is 3. The van der Waals surface area contributed by atoms with Crippen LogP contribution in [-0.4, -0.2) is 44.8 Å². The molecule has 1 aromatic heterocycles. The minimum atomic E-state index is -0.375. The summed E-state index contributed by atoms with van der Waals surface area (Å²) < 4.78 is 7.31. The smallest absolute Gasteiger partial charge is 0.265 e. The standard InChI is InChI=1S/C23H24N6O4S/c1-14(29-18-6-4-5-7-19(18)33-12-21(29)32)22-26-27-23(28(22)3)34-13-20(31)25-17-10-8-16(9-11-17)24-15(2)30/h4-11,14H,12-13H2,1-3H3,(H,24,30)(H,25,31)/t14-/m1/s1. The highest BCUT2D eigenvalue weighted by atomic mass is 32.2. The van der Waals surface area contributed by atoms with Crippen molar-refractivity contribution in [3.8, 4) is 5.75 Å². The molecule has 34 heavy (non-hydrogen) atoms. The van der Waals surface area contributed by atoms with Crippen LogP contribution in [-0.2, 0) is 21.4 Å². The third kappa shape index (κ3) is 5.04. The molecular formula is C23H24N6O4S. The van der Waals surface area contributed by atoms with Gasteiger partial charge in [0.2, 0.25) is 11.8 Å². The first-order chi connectivity index (χ1) is 16.3. The molecule has 0 bridgehead atoms. The number of para-hydroxylation sites is 2. The van der Waals surface area contributed by atoms with E-state index in [0.717, 1.165) is 0 Å². The summed E-state index contributed by atoms with van der Waals surface area (Å²) in [4.78, 5) is 37.8. The second-order valence-electron chi connectivity index (χ2n) is 7.69. The molecular weight excluding hydrogens is 456 g/mol. The van der Waals surface area contributed by atoms with E-state index in [1.807, 2.05) is 38.2 Å². The van der Waals surface area contributed by atoms with Crippen LogP contribution in [0.15, 0.2) is 53.7 Å². The SMILES string of the molecule is CC(=O)Nc1ccc(NC(=O)CSc2nnc([C@@H](C)N3C(=O)COc4ccccc43)n2C)cc1. The maximum atomic E-state index is 12.6. The van der Waals surface area contributed by atoms with Gasteiger partial charge in [0, 0.05) is 25.3 Å². The number of nitrogens with one attached hydrogen (secondary N) is 2. The van der Waals surface area contributed by atoms with Crippen LogP contribution in [0.2, 0.25) is 0 Å². The number of anilines is 3. The highest BCUT2D eigenvalue weighted by molar-refractivity contribution is 7.99. The molecule has 2 aromatic carbocycles. The van der Waals surface area contributed by atoms with Crippen LogP contribution in [0.3, 0.4) is 0 Å². The predicted molar refractivity (Wildman–Crippen MR) is 129 cm³/mol. The van der Waals surface area contributed by atoms with E-state index in [-0.39, 0.29) is 36.1 Å². The molecule has 3 amide bonds. The lowest BCUT2D eigenvalue weighted by Crippen LogP contribution is -2.41. The van der Waals surface area contributed by atoms with Crippen LogP contribution >= 0.6 is 11.8 Å². The van der Waals surface area contributed by atoms with Gasteiger partial charge in [-0.2, -0.15) is 0 Å². The summed E-state index contributed by atoms with van der Waals surface area (Å²) in [5.41, 5.74) is 1.96. The number of carbonyl (C=O) groups excluding carboxylic acids is 3. The molecule has 0 unspecified atom stereocenters. The molecule has 0 fully saturated rings. The fraction of sp³-hybridized carbons (Fsp3) is 0.261. The van der Waals surface area contributed by atoms with Crippen LogP contribution < -0.4 is 20.3 Å². The zero-order valence-electron chi connectivity index (χ0n) is 18.9. The van der Waals surface area contributed by atoms with Crippen molar-refractivity contribution in [2.75, 3.05) is 27.9 Å². The van der Waals surface area contributed by atoms with E-state index in [4.69, 9.17) is 4.74 Å². The molecule has 0 radical (unpaired) electrons. The molecule has 3 aromatic rings.